The second kappa shape index (κ2) is 20.0. The number of para-hydroxylation sites is 2. The molecular weight excluding hydrogens is 1100 g/mol. The van der Waals surface area contributed by atoms with Crippen LogP contribution in [-0.4, -0.2) is 46.8 Å². The number of alkyl halides is 6. The molecule has 0 unspecified atom stereocenters. The molecule has 66 heavy (non-hydrogen) atoms. The summed E-state index contributed by atoms with van der Waals surface area (Å²) in [5.74, 6) is -0.975. The van der Waals surface area contributed by atoms with Gasteiger partial charge in [-0.3, -0.25) is 18.9 Å². The van der Waals surface area contributed by atoms with Crippen LogP contribution >= 0.6 is 69.1 Å². The zero-order chi connectivity index (χ0) is 49.2. The van der Waals surface area contributed by atoms with Crippen LogP contribution in [0.1, 0.15) is 21.5 Å². The Morgan fingerprint density at radius 1 is 0.500 bits per heavy atom. The standard InChI is InChI=1S/C22H16F6N2O6S2.C14H8Cl4N2O4S4/c1-36-20(31)13-8-9-18(29-37(32,33)16-6-2-4-14(11-16)21(23,24)25)19(10-13)30-38(34,35)17-7-3-5-15(12-17)22(26,27)28;15-11-5-9(13(17)25-11)27(21,22)19-7-3-1-2-4-8(7)20-28(23,24)10-6-12(16)26-14(10)18/h2-12,29-30H,1H3;1-6,19-20H. The summed E-state index contributed by atoms with van der Waals surface area (Å²) in [6.45, 7) is 0. The normalized spacial score (nSPS) is 12.4. The maximum Gasteiger partial charge on any atom is 0.416 e. The summed E-state index contributed by atoms with van der Waals surface area (Å²) in [5, 5.41) is 0. The molecule has 6 aromatic rings. The van der Waals surface area contributed by atoms with E-state index in [1.165, 1.54) is 36.4 Å². The first kappa shape index (κ1) is 52.5. The summed E-state index contributed by atoms with van der Waals surface area (Å²) < 4.78 is 194. The average Bonchev–Trinajstić information content (AvgIpc) is 3.77. The Kier molecular flexibility index (Phi) is 15.9. The fourth-order valence-corrected chi connectivity index (χ4v) is 13.8. The number of anilines is 4. The molecule has 0 amide bonds. The maximum absolute atomic E-state index is 13.1. The smallest absolute Gasteiger partial charge is 0.416 e. The van der Waals surface area contributed by atoms with Gasteiger partial charge in [-0.15, -0.1) is 22.7 Å². The third-order valence-electron chi connectivity index (χ3n) is 8.12. The Morgan fingerprint density at radius 3 is 1.24 bits per heavy atom. The van der Waals surface area contributed by atoms with Crippen LogP contribution in [0.5, 0.6) is 0 Å². The minimum absolute atomic E-state index is 0.0121. The first-order valence-corrected chi connectivity index (χ1v) is 26.2. The van der Waals surface area contributed by atoms with Crippen LogP contribution in [0.25, 0.3) is 0 Å². The number of sulfonamides is 4. The van der Waals surface area contributed by atoms with E-state index in [9.17, 15) is 64.8 Å². The van der Waals surface area contributed by atoms with Crippen molar-refractivity contribution in [1.29, 1.82) is 0 Å². The summed E-state index contributed by atoms with van der Waals surface area (Å²) >= 11 is 25.2. The lowest BCUT2D eigenvalue weighted by atomic mass is 10.2. The highest BCUT2D eigenvalue weighted by Gasteiger charge is 2.34. The molecule has 0 spiro atoms. The van der Waals surface area contributed by atoms with E-state index in [0.717, 1.165) is 72.2 Å². The third-order valence-corrected chi connectivity index (χ3v) is 17.1. The number of nitrogens with one attached hydrogen (secondary N) is 4. The lowest BCUT2D eigenvalue weighted by Gasteiger charge is -2.17. The van der Waals surface area contributed by atoms with Crippen molar-refractivity contribution in [2.75, 3.05) is 26.0 Å². The van der Waals surface area contributed by atoms with Gasteiger partial charge in [0.2, 0.25) is 0 Å². The van der Waals surface area contributed by atoms with Crippen LogP contribution in [-0.2, 0) is 57.2 Å². The van der Waals surface area contributed by atoms with Gasteiger partial charge < -0.3 is 4.74 Å². The molecule has 0 saturated heterocycles. The number of thiophene rings is 2. The highest BCUT2D eigenvalue weighted by atomic mass is 35.5. The number of methoxy groups -OCH3 is 1. The third kappa shape index (κ3) is 12.9. The Labute approximate surface area is 399 Å². The van der Waals surface area contributed by atoms with Gasteiger partial charge in [-0.05, 0) is 78.9 Å². The number of carbonyl (C=O) groups is 1. The molecule has 30 heteroatoms. The maximum atomic E-state index is 13.1. The molecule has 0 radical (unpaired) electrons. The quantitative estimate of drug-likeness (QED) is 0.0635. The van der Waals surface area contributed by atoms with Crippen molar-refractivity contribution >= 4 is 138 Å². The van der Waals surface area contributed by atoms with Crippen LogP contribution in [0.4, 0.5) is 49.1 Å². The molecule has 0 saturated carbocycles. The number of rotatable bonds is 13. The van der Waals surface area contributed by atoms with Crippen LogP contribution < -0.4 is 18.9 Å². The molecule has 354 valence electrons. The van der Waals surface area contributed by atoms with Gasteiger partial charge in [0, 0.05) is 0 Å². The van der Waals surface area contributed by atoms with Crippen molar-refractivity contribution in [3.05, 3.63) is 137 Å². The molecule has 0 aliphatic heterocycles. The molecule has 4 N–H and O–H groups in total. The monoisotopic (exact) mass is 1120 g/mol. The van der Waals surface area contributed by atoms with E-state index in [1.54, 1.807) is 0 Å². The molecular formula is C36H24Cl4F6N4O10S6. The number of halogens is 10. The van der Waals surface area contributed by atoms with E-state index >= 15 is 0 Å². The van der Waals surface area contributed by atoms with E-state index in [-0.39, 0.29) is 44.1 Å². The molecule has 6 rings (SSSR count). The van der Waals surface area contributed by atoms with E-state index < -0.39 is 90.7 Å². The fourth-order valence-electron chi connectivity index (χ4n) is 5.13. The second-order valence-corrected chi connectivity index (χ2v) is 23.9. The molecule has 0 bridgehead atoms. The zero-order valence-electron chi connectivity index (χ0n) is 32.1. The first-order valence-electron chi connectivity index (χ1n) is 17.1. The Balaban J connectivity index is 0.000000259. The number of ether oxygens (including phenoxy) is 1. The van der Waals surface area contributed by atoms with E-state index in [0.29, 0.717) is 24.3 Å². The largest absolute Gasteiger partial charge is 0.465 e. The molecule has 0 aliphatic rings. The highest BCUT2D eigenvalue weighted by molar-refractivity contribution is 7.94. The summed E-state index contributed by atoms with van der Waals surface area (Å²) in [6.07, 6.45) is -9.73. The molecule has 0 fully saturated rings. The van der Waals surface area contributed by atoms with Crippen LogP contribution in [0, 0.1) is 0 Å². The van der Waals surface area contributed by atoms with Crippen molar-refractivity contribution in [3.8, 4) is 0 Å². The lowest BCUT2D eigenvalue weighted by Crippen LogP contribution is -2.19. The predicted molar refractivity (Wildman–Crippen MR) is 239 cm³/mol. The molecule has 0 aliphatic carbocycles. The van der Waals surface area contributed by atoms with Crippen LogP contribution in [0.3, 0.4) is 0 Å². The number of esters is 1. The zero-order valence-corrected chi connectivity index (χ0v) is 40.0. The summed E-state index contributed by atoms with van der Waals surface area (Å²) in [7, 11) is -16.8. The van der Waals surface area contributed by atoms with Gasteiger partial charge >= 0.3 is 18.3 Å². The van der Waals surface area contributed by atoms with Gasteiger partial charge in [0.05, 0.1) is 65.0 Å². The SMILES string of the molecule is COC(=O)c1ccc(NS(=O)(=O)c2cccc(C(F)(F)F)c2)c(NS(=O)(=O)c2cccc(C(F)(F)F)c2)c1.O=S(=O)(Nc1ccccc1NS(=O)(=O)c1cc(Cl)sc1Cl)c1cc(Cl)sc1Cl. The first-order chi connectivity index (χ1) is 30.4. The number of carbonyl (C=O) groups excluding carboxylic acids is 1. The van der Waals surface area contributed by atoms with Gasteiger partial charge in [0.1, 0.15) is 18.5 Å². The van der Waals surface area contributed by atoms with Crippen LogP contribution in [0.15, 0.2) is 123 Å². The van der Waals surface area contributed by atoms with Gasteiger partial charge in [-0.25, -0.2) is 38.5 Å². The van der Waals surface area contributed by atoms with E-state index in [1.807, 2.05) is 9.44 Å². The predicted octanol–water partition coefficient (Wildman–Crippen LogP) is 11.1. The number of hydrogen-bond donors (Lipinski definition) is 4. The summed E-state index contributed by atoms with van der Waals surface area (Å²) in [6, 6.07) is 16.3. The number of hydrogen-bond acceptors (Lipinski definition) is 12. The fraction of sp³-hybridized carbons (Fsp3) is 0.0833. The van der Waals surface area contributed by atoms with Gasteiger partial charge in [0.15, 0.2) is 0 Å². The average molecular weight is 1120 g/mol. The Morgan fingerprint density at radius 2 is 0.879 bits per heavy atom. The molecule has 2 heterocycles. The summed E-state index contributed by atoms with van der Waals surface area (Å²) in [4.78, 5) is 9.84. The minimum atomic E-state index is -4.87. The van der Waals surface area contributed by atoms with Crippen molar-refractivity contribution < 1.29 is 69.5 Å². The van der Waals surface area contributed by atoms with E-state index in [2.05, 4.69) is 14.2 Å². The van der Waals surface area contributed by atoms with Gasteiger partial charge in [0.25, 0.3) is 40.1 Å². The second-order valence-electron chi connectivity index (χ2n) is 12.6. The molecule has 14 nitrogen and oxygen atoms in total. The topological polar surface area (TPSA) is 211 Å². The van der Waals surface area contributed by atoms with Crippen molar-refractivity contribution in [3.63, 3.8) is 0 Å². The highest BCUT2D eigenvalue weighted by Crippen LogP contribution is 2.39. The van der Waals surface area contributed by atoms with Crippen molar-refractivity contribution in [2.24, 2.45) is 0 Å². The number of benzene rings is 4. The van der Waals surface area contributed by atoms with Crippen molar-refractivity contribution in [2.45, 2.75) is 31.9 Å². The minimum Gasteiger partial charge on any atom is -0.465 e. The lowest BCUT2D eigenvalue weighted by molar-refractivity contribution is -0.138. The van der Waals surface area contributed by atoms with Crippen LogP contribution in [0.2, 0.25) is 17.3 Å². The molecule has 2 aromatic heterocycles. The van der Waals surface area contributed by atoms with Gasteiger partial charge in [-0.1, -0.05) is 70.7 Å². The Hall–Kier alpha value is -4.51. The van der Waals surface area contributed by atoms with E-state index in [4.69, 9.17) is 46.4 Å². The summed E-state index contributed by atoms with van der Waals surface area (Å²) in [5.41, 5.74) is -4.03. The van der Waals surface area contributed by atoms with Crippen molar-refractivity contribution in [1.82, 2.24) is 0 Å². The molecule has 0 atom stereocenters. The molecule has 4 aromatic carbocycles. The Bertz CT molecular complexity index is 3180. The van der Waals surface area contributed by atoms with Gasteiger partial charge in [-0.2, -0.15) is 26.3 Å².